The Balaban J connectivity index is 1.95. The number of Topliss-reactive ketones (excluding diaryl/α,β-unsaturated/α-hetero) is 1. The molecule has 1 unspecified atom stereocenters. The van der Waals surface area contributed by atoms with E-state index in [0.29, 0.717) is 43.5 Å². The molecule has 172 valence electrons. The topological polar surface area (TPSA) is 111 Å². The van der Waals surface area contributed by atoms with Crippen molar-refractivity contribution in [1.29, 1.82) is 0 Å². The van der Waals surface area contributed by atoms with Gasteiger partial charge in [0, 0.05) is 11.6 Å². The number of thiazole rings is 2. The van der Waals surface area contributed by atoms with Crippen LogP contribution in [0.25, 0.3) is 0 Å². The molecule has 1 N–H and O–H groups in total. The van der Waals surface area contributed by atoms with Crippen LogP contribution < -0.4 is 19.1 Å². The summed E-state index contributed by atoms with van der Waals surface area (Å²) in [6, 6.07) is 2.33. The number of methoxy groups -OCH3 is 3. The van der Waals surface area contributed by atoms with Gasteiger partial charge in [0.15, 0.2) is 22.4 Å². The molecule has 2 aromatic heterocycles. The summed E-state index contributed by atoms with van der Waals surface area (Å²) >= 11 is 2.43. The maximum atomic E-state index is 13.6. The zero-order chi connectivity index (χ0) is 23.9. The molecule has 0 radical (unpaired) electrons. The Morgan fingerprint density at radius 1 is 1.12 bits per heavy atom. The number of ether oxygens (including phenoxy) is 3. The molecule has 1 aromatic carbocycles. The molecular formula is C22H21N3O6S2. The van der Waals surface area contributed by atoms with Gasteiger partial charge in [0.25, 0.3) is 5.91 Å². The molecule has 9 nitrogen and oxygen atoms in total. The SMILES string of the molecule is COc1cc(C2C(C(=O)c3sc(C)nc3C)=C(O)C(=O)N2c2nccs2)cc(OC)c1OC. The first-order valence-corrected chi connectivity index (χ1v) is 11.5. The lowest BCUT2D eigenvalue weighted by Gasteiger charge is -2.25. The van der Waals surface area contributed by atoms with E-state index in [2.05, 4.69) is 9.97 Å². The molecule has 1 aliphatic rings. The Morgan fingerprint density at radius 3 is 2.27 bits per heavy atom. The number of nitrogens with zero attached hydrogens (tertiary/aromatic N) is 3. The predicted octanol–water partition coefficient (Wildman–Crippen LogP) is 4.03. The van der Waals surface area contributed by atoms with Gasteiger partial charge in [-0.15, -0.1) is 22.7 Å². The highest BCUT2D eigenvalue weighted by atomic mass is 32.1. The summed E-state index contributed by atoms with van der Waals surface area (Å²) in [5.74, 6) is -0.751. The summed E-state index contributed by atoms with van der Waals surface area (Å²) in [4.78, 5) is 37.1. The molecule has 0 aliphatic carbocycles. The first-order chi connectivity index (χ1) is 15.8. The lowest BCUT2D eigenvalue weighted by molar-refractivity contribution is -0.117. The monoisotopic (exact) mass is 487 g/mol. The van der Waals surface area contributed by atoms with Gasteiger partial charge in [-0.25, -0.2) is 9.97 Å². The summed E-state index contributed by atoms with van der Waals surface area (Å²) in [6.45, 7) is 3.51. The average molecular weight is 488 g/mol. The first-order valence-electron chi connectivity index (χ1n) is 9.77. The number of hydrogen-bond donors (Lipinski definition) is 1. The Bertz CT molecular complexity index is 1240. The minimum absolute atomic E-state index is 0.0591. The number of aliphatic hydroxyl groups is 1. The van der Waals surface area contributed by atoms with E-state index < -0.39 is 23.5 Å². The quantitative estimate of drug-likeness (QED) is 0.498. The van der Waals surface area contributed by atoms with Gasteiger partial charge >= 0.3 is 0 Å². The molecule has 33 heavy (non-hydrogen) atoms. The van der Waals surface area contributed by atoms with Crippen LogP contribution >= 0.6 is 22.7 Å². The van der Waals surface area contributed by atoms with Crippen molar-refractivity contribution in [1.82, 2.24) is 9.97 Å². The summed E-state index contributed by atoms with van der Waals surface area (Å²) in [5, 5.41) is 13.6. The van der Waals surface area contributed by atoms with Crippen molar-refractivity contribution in [3.05, 3.63) is 56.2 Å². The largest absolute Gasteiger partial charge is 0.503 e. The minimum atomic E-state index is -0.966. The van der Waals surface area contributed by atoms with Crippen LogP contribution in [0.3, 0.4) is 0 Å². The smallest absolute Gasteiger partial charge is 0.296 e. The van der Waals surface area contributed by atoms with Crippen LogP contribution in [-0.2, 0) is 4.79 Å². The van der Waals surface area contributed by atoms with Crippen LogP contribution in [0, 0.1) is 13.8 Å². The van der Waals surface area contributed by atoms with Crippen molar-refractivity contribution in [2.24, 2.45) is 0 Å². The number of anilines is 1. The van der Waals surface area contributed by atoms with Crippen LogP contribution in [0.15, 0.2) is 35.0 Å². The molecule has 0 fully saturated rings. The summed E-state index contributed by atoms with van der Waals surface area (Å²) in [5.41, 5.74) is 0.960. The molecule has 1 aliphatic heterocycles. The van der Waals surface area contributed by atoms with Crippen molar-refractivity contribution < 1.29 is 28.9 Å². The number of aryl methyl sites for hydroxylation is 2. The lowest BCUT2D eigenvalue weighted by Crippen LogP contribution is -2.31. The molecule has 0 spiro atoms. The van der Waals surface area contributed by atoms with Gasteiger partial charge in [-0.3, -0.25) is 14.5 Å². The second kappa shape index (κ2) is 8.83. The van der Waals surface area contributed by atoms with E-state index in [1.165, 1.54) is 48.9 Å². The van der Waals surface area contributed by atoms with Crippen LogP contribution in [0.4, 0.5) is 5.13 Å². The number of rotatable bonds is 7. The number of benzene rings is 1. The van der Waals surface area contributed by atoms with E-state index in [1.807, 2.05) is 0 Å². The first kappa shape index (κ1) is 22.7. The summed E-state index contributed by atoms with van der Waals surface area (Å²) < 4.78 is 16.3. The van der Waals surface area contributed by atoms with Crippen LogP contribution in [0.2, 0.25) is 0 Å². The van der Waals surface area contributed by atoms with Gasteiger partial charge in [-0.1, -0.05) is 0 Å². The number of ketones is 1. The third-order valence-corrected chi connectivity index (χ3v) is 7.03. The van der Waals surface area contributed by atoms with Crippen LogP contribution in [0.1, 0.15) is 32.0 Å². The Labute approximate surface area is 197 Å². The van der Waals surface area contributed by atoms with Crippen LogP contribution in [-0.4, -0.2) is 48.1 Å². The Kier molecular flexibility index (Phi) is 6.09. The predicted molar refractivity (Wildman–Crippen MR) is 124 cm³/mol. The highest BCUT2D eigenvalue weighted by Gasteiger charge is 2.46. The molecule has 0 saturated heterocycles. The third kappa shape index (κ3) is 3.72. The maximum Gasteiger partial charge on any atom is 0.296 e. The van der Waals surface area contributed by atoms with Gasteiger partial charge in [0.05, 0.1) is 48.5 Å². The van der Waals surface area contributed by atoms with Crippen molar-refractivity contribution in [3.8, 4) is 17.2 Å². The van der Waals surface area contributed by atoms with Crippen molar-refractivity contribution >= 4 is 39.5 Å². The standard InChI is InChI=1S/C22H21N3O6S2/c1-10-20(33-11(2)24-10)17(26)15-16(25(21(28)18(15)27)22-23-6-7-32-22)12-8-13(29-3)19(31-5)14(9-12)30-4/h6-9,16,27H,1-5H3. The molecule has 1 atom stereocenters. The molecule has 1 amide bonds. The van der Waals surface area contributed by atoms with Gasteiger partial charge in [-0.05, 0) is 31.5 Å². The van der Waals surface area contributed by atoms with Crippen molar-refractivity contribution in [2.75, 3.05) is 26.2 Å². The number of amides is 1. The normalized spacial score (nSPS) is 15.8. The Hall–Kier alpha value is -3.44. The molecule has 0 saturated carbocycles. The molecule has 4 rings (SSSR count). The molecule has 0 bridgehead atoms. The molecule has 3 heterocycles. The third-order valence-electron chi connectivity index (χ3n) is 5.19. The minimum Gasteiger partial charge on any atom is -0.503 e. The van der Waals surface area contributed by atoms with Crippen LogP contribution in [0.5, 0.6) is 17.2 Å². The second-order valence-electron chi connectivity index (χ2n) is 7.09. The zero-order valence-corrected chi connectivity index (χ0v) is 20.2. The van der Waals surface area contributed by atoms with E-state index in [4.69, 9.17) is 14.2 Å². The number of hydrogen-bond acceptors (Lipinski definition) is 10. The van der Waals surface area contributed by atoms with E-state index in [9.17, 15) is 14.7 Å². The summed E-state index contributed by atoms with van der Waals surface area (Å²) in [6.07, 6.45) is 1.55. The number of carbonyl (C=O) groups is 2. The zero-order valence-electron chi connectivity index (χ0n) is 18.5. The molecular weight excluding hydrogens is 466 g/mol. The highest BCUT2D eigenvalue weighted by molar-refractivity contribution is 7.14. The number of aliphatic hydroxyl groups excluding tert-OH is 1. The highest BCUT2D eigenvalue weighted by Crippen LogP contribution is 2.47. The van der Waals surface area contributed by atoms with Crippen molar-refractivity contribution in [3.63, 3.8) is 0 Å². The van der Waals surface area contributed by atoms with E-state index in [1.54, 1.807) is 37.6 Å². The summed E-state index contributed by atoms with van der Waals surface area (Å²) in [7, 11) is 4.43. The van der Waals surface area contributed by atoms with Gasteiger partial charge < -0.3 is 19.3 Å². The molecule has 3 aromatic rings. The van der Waals surface area contributed by atoms with Gasteiger partial charge in [-0.2, -0.15) is 0 Å². The maximum absolute atomic E-state index is 13.6. The Morgan fingerprint density at radius 2 is 1.79 bits per heavy atom. The van der Waals surface area contributed by atoms with Crippen molar-refractivity contribution in [2.45, 2.75) is 19.9 Å². The molecule has 11 heteroatoms. The van der Waals surface area contributed by atoms with Gasteiger partial charge in [0.2, 0.25) is 11.5 Å². The number of aromatic nitrogens is 2. The fourth-order valence-electron chi connectivity index (χ4n) is 3.81. The lowest BCUT2D eigenvalue weighted by atomic mass is 9.94. The van der Waals surface area contributed by atoms with E-state index in [0.717, 1.165) is 0 Å². The average Bonchev–Trinajstić information content (AvgIpc) is 3.51. The number of carbonyl (C=O) groups excluding carboxylic acids is 2. The fraction of sp³-hybridized carbons (Fsp3) is 0.273. The fourth-order valence-corrected chi connectivity index (χ4v) is 5.35. The van der Waals surface area contributed by atoms with Gasteiger partial charge in [0.1, 0.15) is 0 Å². The second-order valence-corrected chi connectivity index (χ2v) is 9.17. The van der Waals surface area contributed by atoms with E-state index >= 15 is 0 Å². The van der Waals surface area contributed by atoms with E-state index in [-0.39, 0.29) is 5.57 Å².